The predicted octanol–water partition coefficient (Wildman–Crippen LogP) is 2.14. The number of anilines is 1. The summed E-state index contributed by atoms with van der Waals surface area (Å²) in [7, 11) is -3.45. The maximum absolute atomic E-state index is 12.8. The molecule has 0 saturated carbocycles. The van der Waals surface area contributed by atoms with E-state index in [0.29, 0.717) is 31.9 Å². The fourth-order valence-corrected chi connectivity index (χ4v) is 4.45. The number of nitrogens with zero attached hydrogens (tertiary/aromatic N) is 2. The number of sulfonamides is 1. The smallest absolute Gasteiger partial charge is 0.340 e. The van der Waals surface area contributed by atoms with Crippen LogP contribution in [0.3, 0.4) is 0 Å². The lowest BCUT2D eigenvalue weighted by molar-refractivity contribution is -0.132. The number of carbonyl (C=O) groups is 2. The maximum Gasteiger partial charge on any atom is 0.340 e. The van der Waals surface area contributed by atoms with E-state index in [9.17, 15) is 18.0 Å². The van der Waals surface area contributed by atoms with Gasteiger partial charge in [0.1, 0.15) is 0 Å². The first-order chi connectivity index (χ1) is 13.7. The van der Waals surface area contributed by atoms with E-state index >= 15 is 0 Å². The number of carbonyl (C=O) groups excluding carboxylic acids is 2. The van der Waals surface area contributed by atoms with Gasteiger partial charge in [-0.05, 0) is 29.6 Å². The normalized spacial score (nSPS) is 16.3. The molecular weight excluding hydrogens is 414 g/mol. The van der Waals surface area contributed by atoms with E-state index < -0.39 is 22.2 Å². The number of hydrogen-bond donors (Lipinski definition) is 1. The number of piperazine rings is 1. The summed E-state index contributed by atoms with van der Waals surface area (Å²) in [6.45, 7) is 3.87. The molecule has 0 radical (unpaired) electrons. The van der Waals surface area contributed by atoms with Gasteiger partial charge in [-0.15, -0.1) is 11.3 Å². The molecule has 1 aliphatic heterocycles. The molecule has 8 nitrogen and oxygen atoms in total. The van der Waals surface area contributed by atoms with Gasteiger partial charge in [-0.3, -0.25) is 14.4 Å². The minimum Gasteiger partial charge on any atom is -0.438 e. The van der Waals surface area contributed by atoms with Crippen molar-refractivity contribution in [3.05, 3.63) is 52.2 Å². The van der Waals surface area contributed by atoms with Crippen LogP contribution in [0.25, 0.3) is 0 Å². The second-order valence-electron chi connectivity index (χ2n) is 6.77. The summed E-state index contributed by atoms with van der Waals surface area (Å²) in [6.07, 6.45) is 0.481. The second-order valence-corrected chi connectivity index (χ2v) is 9.50. The minimum absolute atomic E-state index is 0.0320. The highest BCUT2D eigenvalue weighted by Gasteiger charge is 2.29. The van der Waals surface area contributed by atoms with Gasteiger partial charge in [0.05, 0.1) is 16.7 Å². The molecule has 1 atom stereocenters. The first-order valence-electron chi connectivity index (χ1n) is 9.05. The van der Waals surface area contributed by atoms with Crippen molar-refractivity contribution >= 4 is 38.9 Å². The number of nitrogens with one attached hydrogen (secondary N) is 1. The highest BCUT2D eigenvalue weighted by atomic mass is 32.2. The van der Waals surface area contributed by atoms with Crippen molar-refractivity contribution in [3.63, 3.8) is 0 Å². The Morgan fingerprint density at radius 3 is 2.45 bits per heavy atom. The van der Waals surface area contributed by atoms with Crippen LogP contribution in [0, 0.1) is 0 Å². The van der Waals surface area contributed by atoms with Crippen LogP contribution in [0.15, 0.2) is 41.8 Å². The summed E-state index contributed by atoms with van der Waals surface area (Å²) < 4.78 is 31.0. The summed E-state index contributed by atoms with van der Waals surface area (Å²) in [5.41, 5.74) is 0.548. The fraction of sp³-hybridized carbons (Fsp3) is 0.368. The van der Waals surface area contributed by atoms with Crippen LogP contribution in [0.1, 0.15) is 28.4 Å². The van der Waals surface area contributed by atoms with Crippen molar-refractivity contribution in [2.75, 3.05) is 37.2 Å². The van der Waals surface area contributed by atoms with E-state index in [4.69, 9.17) is 4.74 Å². The van der Waals surface area contributed by atoms with Gasteiger partial charge in [0.2, 0.25) is 15.9 Å². The molecule has 0 aliphatic carbocycles. The van der Waals surface area contributed by atoms with Crippen LogP contribution in [-0.2, 0) is 19.6 Å². The second kappa shape index (κ2) is 8.93. The predicted molar refractivity (Wildman–Crippen MR) is 111 cm³/mol. The zero-order valence-electron chi connectivity index (χ0n) is 16.2. The Hall–Kier alpha value is -2.43. The molecule has 29 heavy (non-hydrogen) atoms. The molecule has 1 aliphatic rings. The third kappa shape index (κ3) is 5.78. The number of thiophene rings is 1. The van der Waals surface area contributed by atoms with Crippen molar-refractivity contribution < 1.29 is 22.7 Å². The van der Waals surface area contributed by atoms with Gasteiger partial charge in [0.25, 0.3) is 0 Å². The molecule has 10 heteroatoms. The summed E-state index contributed by atoms with van der Waals surface area (Å²) in [5, 5.41) is 1.92. The average Bonchev–Trinajstić information content (AvgIpc) is 3.19. The number of esters is 1. The molecule has 0 spiro atoms. The maximum atomic E-state index is 12.8. The Morgan fingerprint density at radius 1 is 1.14 bits per heavy atom. The molecule has 1 aromatic carbocycles. The molecule has 1 N–H and O–H groups in total. The molecule has 0 bridgehead atoms. The molecule has 2 aromatic rings. The van der Waals surface area contributed by atoms with Crippen LogP contribution < -0.4 is 4.72 Å². The minimum atomic E-state index is -3.45. The molecule has 1 aromatic heterocycles. The third-order valence-electron chi connectivity index (χ3n) is 4.50. The molecule has 1 saturated heterocycles. The number of hydrogen-bond acceptors (Lipinski definition) is 7. The van der Waals surface area contributed by atoms with E-state index in [1.165, 1.54) is 17.4 Å². The Labute approximate surface area is 174 Å². The van der Waals surface area contributed by atoms with Crippen molar-refractivity contribution in [2.45, 2.75) is 13.2 Å². The molecule has 1 unspecified atom stereocenters. The lowest BCUT2D eigenvalue weighted by atomic mass is 10.2. The standard InChI is InChI=1S/C19H23N3O5S2/c1-14(23)21-8-10-22(11-9-21)18(17-7-4-12-28-17)27-19(24)15-5-3-6-16(13-15)20-29(2,25)26/h3-7,12-13,18,20H,8-11H2,1-2H3. The monoisotopic (exact) mass is 437 g/mol. The number of rotatable bonds is 6. The Kier molecular flexibility index (Phi) is 6.56. The summed E-state index contributed by atoms with van der Waals surface area (Å²) >= 11 is 1.49. The van der Waals surface area contributed by atoms with Crippen molar-refractivity contribution in [3.8, 4) is 0 Å². The molecule has 1 amide bonds. The van der Waals surface area contributed by atoms with Crippen LogP contribution in [0.5, 0.6) is 0 Å². The van der Waals surface area contributed by atoms with Crippen molar-refractivity contribution in [1.82, 2.24) is 9.80 Å². The quantitative estimate of drug-likeness (QED) is 0.696. The Balaban J connectivity index is 1.76. The first kappa shape index (κ1) is 21.3. The topological polar surface area (TPSA) is 96.0 Å². The van der Waals surface area contributed by atoms with Crippen molar-refractivity contribution in [1.29, 1.82) is 0 Å². The van der Waals surface area contributed by atoms with E-state index in [-0.39, 0.29) is 11.5 Å². The van der Waals surface area contributed by atoms with Crippen molar-refractivity contribution in [2.24, 2.45) is 0 Å². The first-order valence-corrected chi connectivity index (χ1v) is 11.8. The van der Waals surface area contributed by atoms with Crippen LogP contribution in [0.2, 0.25) is 0 Å². The number of amides is 1. The van der Waals surface area contributed by atoms with Gasteiger partial charge in [-0.1, -0.05) is 12.1 Å². The lowest BCUT2D eigenvalue weighted by Crippen LogP contribution is -2.49. The number of ether oxygens (including phenoxy) is 1. The zero-order valence-corrected chi connectivity index (χ0v) is 17.8. The Bertz CT molecular complexity index is 967. The van der Waals surface area contributed by atoms with Crippen LogP contribution >= 0.6 is 11.3 Å². The van der Waals surface area contributed by atoms with Crippen LogP contribution in [0.4, 0.5) is 5.69 Å². The SMILES string of the molecule is CC(=O)N1CCN(C(OC(=O)c2cccc(NS(C)(=O)=O)c2)c2cccs2)CC1. The van der Waals surface area contributed by atoms with Gasteiger partial charge in [-0.25, -0.2) is 13.2 Å². The van der Waals surface area contributed by atoms with Gasteiger partial charge in [0.15, 0.2) is 6.23 Å². The van der Waals surface area contributed by atoms with E-state index in [2.05, 4.69) is 4.72 Å². The van der Waals surface area contributed by atoms with E-state index in [1.54, 1.807) is 30.0 Å². The van der Waals surface area contributed by atoms with Gasteiger partial charge in [-0.2, -0.15) is 0 Å². The Morgan fingerprint density at radius 2 is 1.86 bits per heavy atom. The van der Waals surface area contributed by atoms with E-state index in [1.807, 2.05) is 22.4 Å². The molecule has 156 valence electrons. The highest BCUT2D eigenvalue weighted by molar-refractivity contribution is 7.92. The number of benzene rings is 1. The van der Waals surface area contributed by atoms with Gasteiger partial charge >= 0.3 is 5.97 Å². The molecule has 1 fully saturated rings. The lowest BCUT2D eigenvalue weighted by Gasteiger charge is -2.38. The van der Waals surface area contributed by atoms with Crippen LogP contribution in [-0.4, -0.2) is 62.5 Å². The summed E-state index contributed by atoms with van der Waals surface area (Å²) in [4.78, 5) is 29.1. The average molecular weight is 438 g/mol. The molecule has 3 rings (SSSR count). The van der Waals surface area contributed by atoms with Gasteiger partial charge in [0, 0.05) is 38.8 Å². The molecule has 2 heterocycles. The van der Waals surface area contributed by atoms with E-state index in [0.717, 1.165) is 11.1 Å². The summed E-state index contributed by atoms with van der Waals surface area (Å²) in [6, 6.07) is 9.98. The fourth-order valence-electron chi connectivity index (χ4n) is 3.11. The molecular formula is C19H23N3O5S2. The van der Waals surface area contributed by atoms with Gasteiger partial charge < -0.3 is 9.64 Å². The highest BCUT2D eigenvalue weighted by Crippen LogP contribution is 2.29. The summed E-state index contributed by atoms with van der Waals surface area (Å²) in [5.74, 6) is -0.515. The largest absolute Gasteiger partial charge is 0.438 e. The third-order valence-corrected chi connectivity index (χ3v) is 6.01. The zero-order chi connectivity index (χ0) is 21.0.